The Morgan fingerprint density at radius 2 is 1.89 bits per heavy atom. The Morgan fingerprint density at radius 1 is 1.17 bits per heavy atom. The van der Waals surface area contributed by atoms with Crippen LogP contribution in [0.1, 0.15) is 24.6 Å². The molecule has 0 amide bonds. The molecule has 1 N–H and O–H groups in total. The molecular weight excluding hydrogens is 233 g/mol. The fourth-order valence-electron chi connectivity index (χ4n) is 2.29. The van der Waals surface area contributed by atoms with Crippen LogP contribution in [0, 0.1) is 5.82 Å². The minimum atomic E-state index is -0.254. The van der Waals surface area contributed by atoms with E-state index in [2.05, 4.69) is 20.8 Å². The fourth-order valence-corrected chi connectivity index (χ4v) is 2.29. The number of rotatable bonds is 2. The summed E-state index contributed by atoms with van der Waals surface area (Å²) >= 11 is 0. The van der Waals surface area contributed by atoms with Gasteiger partial charge in [0.15, 0.2) is 5.82 Å². The van der Waals surface area contributed by atoms with Gasteiger partial charge in [-0.1, -0.05) is 0 Å². The Bertz CT molecular complexity index is 516. The van der Waals surface area contributed by atoms with Crippen LogP contribution in [0.2, 0.25) is 0 Å². The van der Waals surface area contributed by atoms with Gasteiger partial charge in [0, 0.05) is 5.92 Å². The molecule has 1 saturated heterocycles. The van der Waals surface area contributed by atoms with Crippen LogP contribution in [0.5, 0.6) is 0 Å². The minimum absolute atomic E-state index is 0.254. The van der Waals surface area contributed by atoms with Crippen molar-refractivity contribution in [1.29, 1.82) is 0 Å². The zero-order valence-corrected chi connectivity index (χ0v) is 9.88. The van der Waals surface area contributed by atoms with Gasteiger partial charge >= 0.3 is 0 Å². The molecule has 1 aromatic carbocycles. The highest BCUT2D eigenvalue weighted by atomic mass is 19.1. The summed E-state index contributed by atoms with van der Waals surface area (Å²) in [6.45, 7) is 1.97. The summed E-state index contributed by atoms with van der Waals surface area (Å²) in [4.78, 5) is 0. The van der Waals surface area contributed by atoms with E-state index < -0.39 is 0 Å². The summed E-state index contributed by atoms with van der Waals surface area (Å²) in [6, 6.07) is 6.22. The van der Waals surface area contributed by atoms with Crippen molar-refractivity contribution in [3.63, 3.8) is 0 Å². The molecule has 1 aliphatic heterocycles. The van der Waals surface area contributed by atoms with Crippen molar-refractivity contribution in [2.45, 2.75) is 18.8 Å². The Labute approximate surface area is 104 Å². The molecular formula is C12H14FN5. The molecule has 0 atom stereocenters. The molecule has 2 aromatic rings. The number of aromatic nitrogens is 4. The SMILES string of the molecule is Fc1ccc(-n2nnnc2C2CCNCC2)cc1. The van der Waals surface area contributed by atoms with E-state index >= 15 is 0 Å². The molecule has 1 aromatic heterocycles. The normalized spacial score (nSPS) is 16.9. The summed E-state index contributed by atoms with van der Waals surface area (Å²) < 4.78 is 14.6. The van der Waals surface area contributed by atoms with Crippen LogP contribution in [0.3, 0.4) is 0 Å². The van der Waals surface area contributed by atoms with Gasteiger partial charge in [-0.25, -0.2) is 4.39 Å². The second kappa shape index (κ2) is 4.81. The molecule has 1 aliphatic rings. The van der Waals surface area contributed by atoms with E-state index in [1.54, 1.807) is 16.8 Å². The fraction of sp³-hybridized carbons (Fsp3) is 0.417. The molecule has 0 spiro atoms. The van der Waals surface area contributed by atoms with Gasteiger partial charge in [0.2, 0.25) is 0 Å². The summed E-state index contributed by atoms with van der Waals surface area (Å²) in [5, 5.41) is 15.2. The number of benzene rings is 1. The highest BCUT2D eigenvalue weighted by Gasteiger charge is 2.22. The van der Waals surface area contributed by atoms with E-state index in [1.165, 1.54) is 12.1 Å². The standard InChI is InChI=1S/C12H14FN5/c13-10-1-3-11(4-2-10)18-12(15-16-17-18)9-5-7-14-8-6-9/h1-4,9,14H,5-8H2. The van der Waals surface area contributed by atoms with E-state index in [9.17, 15) is 4.39 Å². The van der Waals surface area contributed by atoms with Gasteiger partial charge in [-0.05, 0) is 60.6 Å². The predicted molar refractivity (Wildman–Crippen MR) is 64.0 cm³/mol. The number of tetrazole rings is 1. The van der Waals surface area contributed by atoms with Gasteiger partial charge in [-0.15, -0.1) is 5.10 Å². The van der Waals surface area contributed by atoms with E-state index in [1.807, 2.05) is 0 Å². The van der Waals surface area contributed by atoms with Crippen LogP contribution < -0.4 is 5.32 Å². The van der Waals surface area contributed by atoms with Crippen LogP contribution in [-0.2, 0) is 0 Å². The van der Waals surface area contributed by atoms with Crippen molar-refractivity contribution in [1.82, 2.24) is 25.5 Å². The van der Waals surface area contributed by atoms with Crippen LogP contribution in [0.15, 0.2) is 24.3 Å². The predicted octanol–water partition coefficient (Wildman–Crippen LogP) is 1.27. The number of nitrogens with one attached hydrogen (secondary N) is 1. The topological polar surface area (TPSA) is 55.6 Å². The van der Waals surface area contributed by atoms with Crippen molar-refractivity contribution in [2.24, 2.45) is 0 Å². The first-order valence-electron chi connectivity index (χ1n) is 6.09. The van der Waals surface area contributed by atoms with Gasteiger partial charge in [-0.2, -0.15) is 4.68 Å². The zero-order chi connectivity index (χ0) is 12.4. The van der Waals surface area contributed by atoms with E-state index in [4.69, 9.17) is 0 Å². The Balaban J connectivity index is 1.93. The summed E-state index contributed by atoms with van der Waals surface area (Å²) in [5.41, 5.74) is 0.801. The maximum absolute atomic E-state index is 12.9. The Morgan fingerprint density at radius 3 is 2.61 bits per heavy atom. The first kappa shape index (κ1) is 11.3. The maximum atomic E-state index is 12.9. The van der Waals surface area contributed by atoms with Crippen molar-refractivity contribution >= 4 is 0 Å². The molecule has 94 valence electrons. The Kier molecular flexibility index (Phi) is 3.02. The lowest BCUT2D eigenvalue weighted by atomic mass is 9.97. The van der Waals surface area contributed by atoms with Gasteiger partial charge in [0.1, 0.15) is 5.82 Å². The lowest BCUT2D eigenvalue weighted by molar-refractivity contribution is 0.438. The monoisotopic (exact) mass is 247 g/mol. The summed E-state index contributed by atoms with van der Waals surface area (Å²) in [6.07, 6.45) is 2.06. The molecule has 0 aliphatic carbocycles. The second-order valence-corrected chi connectivity index (χ2v) is 4.45. The lowest BCUT2D eigenvalue weighted by Gasteiger charge is -2.21. The molecule has 3 rings (SSSR count). The zero-order valence-electron chi connectivity index (χ0n) is 9.88. The molecule has 0 unspecified atom stereocenters. The number of hydrogen-bond acceptors (Lipinski definition) is 4. The van der Waals surface area contributed by atoms with E-state index in [-0.39, 0.29) is 5.82 Å². The van der Waals surface area contributed by atoms with Crippen molar-refractivity contribution in [2.75, 3.05) is 13.1 Å². The van der Waals surface area contributed by atoms with Crippen LogP contribution in [0.4, 0.5) is 4.39 Å². The molecule has 18 heavy (non-hydrogen) atoms. The third-order valence-corrected chi connectivity index (χ3v) is 3.27. The number of halogens is 1. The number of piperidine rings is 1. The van der Waals surface area contributed by atoms with Gasteiger partial charge in [-0.3, -0.25) is 0 Å². The summed E-state index contributed by atoms with van der Waals surface area (Å²) in [7, 11) is 0. The smallest absolute Gasteiger partial charge is 0.159 e. The second-order valence-electron chi connectivity index (χ2n) is 4.45. The highest BCUT2D eigenvalue weighted by molar-refractivity contribution is 5.31. The van der Waals surface area contributed by atoms with Crippen LogP contribution in [0.25, 0.3) is 5.69 Å². The molecule has 1 fully saturated rings. The average molecular weight is 247 g/mol. The highest BCUT2D eigenvalue weighted by Crippen LogP contribution is 2.24. The first-order chi connectivity index (χ1) is 8.84. The van der Waals surface area contributed by atoms with E-state index in [0.717, 1.165) is 37.4 Å². The molecule has 6 heteroatoms. The minimum Gasteiger partial charge on any atom is -0.317 e. The summed E-state index contributed by atoms with van der Waals surface area (Å²) in [5.74, 6) is 0.977. The molecule has 0 radical (unpaired) electrons. The lowest BCUT2D eigenvalue weighted by Crippen LogP contribution is -2.28. The van der Waals surface area contributed by atoms with Crippen LogP contribution >= 0.6 is 0 Å². The Hall–Kier alpha value is -1.82. The first-order valence-corrected chi connectivity index (χ1v) is 6.09. The molecule has 5 nitrogen and oxygen atoms in total. The molecule has 2 heterocycles. The third kappa shape index (κ3) is 2.11. The maximum Gasteiger partial charge on any atom is 0.159 e. The quantitative estimate of drug-likeness (QED) is 0.868. The van der Waals surface area contributed by atoms with Crippen molar-refractivity contribution in [3.05, 3.63) is 35.9 Å². The van der Waals surface area contributed by atoms with E-state index in [0.29, 0.717) is 5.92 Å². The van der Waals surface area contributed by atoms with Crippen molar-refractivity contribution in [3.8, 4) is 5.69 Å². The largest absolute Gasteiger partial charge is 0.317 e. The number of hydrogen-bond donors (Lipinski definition) is 1. The van der Waals surface area contributed by atoms with Gasteiger partial charge in [0.05, 0.1) is 5.69 Å². The van der Waals surface area contributed by atoms with Crippen LogP contribution in [-0.4, -0.2) is 33.3 Å². The third-order valence-electron chi connectivity index (χ3n) is 3.27. The van der Waals surface area contributed by atoms with Crippen molar-refractivity contribution < 1.29 is 4.39 Å². The van der Waals surface area contributed by atoms with Gasteiger partial charge in [0.25, 0.3) is 0 Å². The van der Waals surface area contributed by atoms with Gasteiger partial charge < -0.3 is 5.32 Å². The number of nitrogens with zero attached hydrogens (tertiary/aromatic N) is 4. The molecule has 0 saturated carbocycles. The average Bonchev–Trinajstić information content (AvgIpc) is 2.90. The molecule has 0 bridgehead atoms.